The molecule has 1 heterocycles. The topological polar surface area (TPSA) is 72.9 Å². The molecule has 108 valence electrons. The molecule has 2 unspecified atom stereocenters. The van der Waals surface area contributed by atoms with E-state index in [1.807, 2.05) is 0 Å². The highest BCUT2D eigenvalue weighted by Gasteiger charge is 2.38. The van der Waals surface area contributed by atoms with Crippen LogP contribution in [0.1, 0.15) is 33.6 Å². The third kappa shape index (κ3) is 4.22. The number of amides is 1. The minimum atomic E-state index is -0.590. The van der Waals surface area contributed by atoms with Crippen LogP contribution >= 0.6 is 0 Å². The summed E-state index contributed by atoms with van der Waals surface area (Å²) in [6, 6.07) is 0. The monoisotopic (exact) mass is 271 g/mol. The zero-order chi connectivity index (χ0) is 14.4. The van der Waals surface area contributed by atoms with Gasteiger partial charge in [0.15, 0.2) is 0 Å². The first-order valence-corrected chi connectivity index (χ1v) is 6.61. The highest BCUT2D eigenvalue weighted by atomic mass is 16.6. The molecule has 0 aliphatic carbocycles. The van der Waals surface area contributed by atoms with Crippen LogP contribution in [0.4, 0.5) is 0 Å². The van der Waals surface area contributed by atoms with Crippen molar-refractivity contribution in [2.75, 3.05) is 19.7 Å². The lowest BCUT2D eigenvalue weighted by Gasteiger charge is -2.36. The minimum Gasteiger partial charge on any atom is -0.466 e. The average Bonchev–Trinajstić information content (AvgIpc) is 2.37. The molecule has 0 aromatic rings. The fourth-order valence-corrected chi connectivity index (χ4v) is 2.21. The maximum absolute atomic E-state index is 11.9. The van der Waals surface area contributed by atoms with Gasteiger partial charge in [-0.2, -0.15) is 0 Å². The van der Waals surface area contributed by atoms with Gasteiger partial charge >= 0.3 is 11.9 Å². The molecular weight excluding hydrogens is 250 g/mol. The van der Waals surface area contributed by atoms with Gasteiger partial charge in [0.1, 0.15) is 12.0 Å². The Bertz CT molecular complexity index is 355. The molecule has 6 heteroatoms. The van der Waals surface area contributed by atoms with Crippen LogP contribution in [0, 0.1) is 5.92 Å². The van der Waals surface area contributed by atoms with Gasteiger partial charge < -0.3 is 14.4 Å². The van der Waals surface area contributed by atoms with Gasteiger partial charge in [-0.05, 0) is 6.92 Å². The van der Waals surface area contributed by atoms with Crippen molar-refractivity contribution in [3.63, 3.8) is 0 Å². The Morgan fingerprint density at radius 1 is 1.26 bits per heavy atom. The van der Waals surface area contributed by atoms with Crippen LogP contribution in [0.25, 0.3) is 0 Å². The SMILES string of the molecule is CCOC(=O)C1CN(C(=O)CC)CCC1OC(C)=O. The first-order valence-electron chi connectivity index (χ1n) is 6.61. The van der Waals surface area contributed by atoms with Gasteiger partial charge in [-0.3, -0.25) is 14.4 Å². The Balaban J connectivity index is 2.76. The fourth-order valence-electron chi connectivity index (χ4n) is 2.21. The van der Waals surface area contributed by atoms with Crippen LogP contribution in [0.2, 0.25) is 0 Å². The Hall–Kier alpha value is -1.59. The highest BCUT2D eigenvalue weighted by molar-refractivity contribution is 5.79. The van der Waals surface area contributed by atoms with Gasteiger partial charge in [0.25, 0.3) is 0 Å². The number of rotatable bonds is 4. The van der Waals surface area contributed by atoms with E-state index < -0.39 is 24.0 Å². The molecule has 2 atom stereocenters. The summed E-state index contributed by atoms with van der Waals surface area (Å²) < 4.78 is 10.1. The van der Waals surface area contributed by atoms with E-state index in [2.05, 4.69) is 0 Å². The van der Waals surface area contributed by atoms with Crippen molar-refractivity contribution >= 4 is 17.8 Å². The zero-order valence-corrected chi connectivity index (χ0v) is 11.7. The molecule has 1 aliphatic heterocycles. The van der Waals surface area contributed by atoms with Crippen LogP contribution < -0.4 is 0 Å². The number of likely N-dealkylation sites (tertiary alicyclic amines) is 1. The van der Waals surface area contributed by atoms with Crippen molar-refractivity contribution in [2.24, 2.45) is 5.92 Å². The summed E-state index contributed by atoms with van der Waals surface area (Å²) >= 11 is 0. The van der Waals surface area contributed by atoms with E-state index >= 15 is 0 Å². The standard InChI is InChI=1S/C13H21NO5/c1-4-12(16)14-7-6-11(19-9(3)15)10(8-14)13(17)18-5-2/h10-11H,4-8H2,1-3H3. The molecule has 0 N–H and O–H groups in total. The van der Waals surface area contributed by atoms with Crippen LogP contribution in [0.5, 0.6) is 0 Å². The van der Waals surface area contributed by atoms with Crippen LogP contribution in [-0.2, 0) is 23.9 Å². The van der Waals surface area contributed by atoms with E-state index in [-0.39, 0.29) is 19.1 Å². The average molecular weight is 271 g/mol. The molecule has 0 aromatic heterocycles. The first-order chi connectivity index (χ1) is 8.99. The molecule has 0 saturated carbocycles. The molecule has 0 radical (unpaired) electrons. The van der Waals surface area contributed by atoms with Crippen molar-refractivity contribution in [3.05, 3.63) is 0 Å². The number of esters is 2. The number of piperidine rings is 1. The molecule has 0 aromatic carbocycles. The summed E-state index contributed by atoms with van der Waals surface area (Å²) in [6.45, 7) is 5.83. The van der Waals surface area contributed by atoms with Gasteiger partial charge in [0.2, 0.25) is 5.91 Å². The number of carbonyl (C=O) groups is 3. The third-order valence-corrected chi connectivity index (χ3v) is 3.11. The molecule has 1 amide bonds. The summed E-state index contributed by atoms with van der Waals surface area (Å²) in [5.41, 5.74) is 0. The normalized spacial score (nSPS) is 22.8. The van der Waals surface area contributed by atoms with Crippen molar-refractivity contribution < 1.29 is 23.9 Å². The second-order valence-electron chi connectivity index (χ2n) is 4.49. The van der Waals surface area contributed by atoms with Gasteiger partial charge in [0, 0.05) is 32.9 Å². The van der Waals surface area contributed by atoms with Gasteiger partial charge in [-0.25, -0.2) is 0 Å². The van der Waals surface area contributed by atoms with Crippen molar-refractivity contribution in [1.29, 1.82) is 0 Å². The number of hydrogen-bond acceptors (Lipinski definition) is 5. The predicted molar refractivity (Wildman–Crippen MR) is 67.2 cm³/mol. The summed E-state index contributed by atoms with van der Waals surface area (Å²) in [4.78, 5) is 36.3. The molecule has 1 aliphatic rings. The van der Waals surface area contributed by atoms with Crippen molar-refractivity contribution in [2.45, 2.75) is 39.7 Å². The first kappa shape index (κ1) is 15.5. The molecule has 1 rings (SSSR count). The maximum Gasteiger partial charge on any atom is 0.314 e. The van der Waals surface area contributed by atoms with E-state index in [0.29, 0.717) is 19.4 Å². The Kier molecular flexibility index (Phi) is 5.79. The number of nitrogens with zero attached hydrogens (tertiary/aromatic N) is 1. The second-order valence-corrected chi connectivity index (χ2v) is 4.49. The molecule has 19 heavy (non-hydrogen) atoms. The lowest BCUT2D eigenvalue weighted by Crippen LogP contribution is -2.50. The molecule has 1 saturated heterocycles. The molecule has 0 spiro atoms. The van der Waals surface area contributed by atoms with Crippen LogP contribution in [0.3, 0.4) is 0 Å². The summed E-state index contributed by atoms with van der Waals surface area (Å²) in [7, 11) is 0. The molecule has 0 bridgehead atoms. The largest absolute Gasteiger partial charge is 0.466 e. The van der Waals surface area contributed by atoms with E-state index in [9.17, 15) is 14.4 Å². The third-order valence-electron chi connectivity index (χ3n) is 3.11. The number of carbonyl (C=O) groups excluding carboxylic acids is 3. The maximum atomic E-state index is 11.9. The van der Waals surface area contributed by atoms with Crippen LogP contribution in [-0.4, -0.2) is 48.5 Å². The lowest BCUT2D eigenvalue weighted by atomic mass is 9.94. The number of hydrogen-bond donors (Lipinski definition) is 0. The highest BCUT2D eigenvalue weighted by Crippen LogP contribution is 2.22. The van der Waals surface area contributed by atoms with E-state index in [1.165, 1.54) is 6.92 Å². The summed E-state index contributed by atoms with van der Waals surface area (Å²) in [5, 5.41) is 0. The van der Waals surface area contributed by atoms with E-state index in [4.69, 9.17) is 9.47 Å². The fraction of sp³-hybridized carbons (Fsp3) is 0.769. The Morgan fingerprint density at radius 2 is 1.95 bits per heavy atom. The minimum absolute atomic E-state index is 0.00410. The summed E-state index contributed by atoms with van der Waals surface area (Å²) in [6.07, 6.45) is 0.361. The molecule has 6 nitrogen and oxygen atoms in total. The lowest BCUT2D eigenvalue weighted by molar-refractivity contribution is -0.166. The molecular formula is C13H21NO5. The van der Waals surface area contributed by atoms with Crippen LogP contribution in [0.15, 0.2) is 0 Å². The van der Waals surface area contributed by atoms with Gasteiger partial charge in [-0.1, -0.05) is 6.92 Å². The van der Waals surface area contributed by atoms with E-state index in [1.54, 1.807) is 18.7 Å². The molecule has 1 fully saturated rings. The zero-order valence-electron chi connectivity index (χ0n) is 11.7. The smallest absolute Gasteiger partial charge is 0.314 e. The van der Waals surface area contributed by atoms with E-state index in [0.717, 1.165) is 0 Å². The van der Waals surface area contributed by atoms with Gasteiger partial charge in [0.05, 0.1) is 6.61 Å². The van der Waals surface area contributed by atoms with Crippen molar-refractivity contribution in [1.82, 2.24) is 4.90 Å². The Morgan fingerprint density at radius 3 is 2.47 bits per heavy atom. The summed E-state index contributed by atoms with van der Waals surface area (Å²) in [5.74, 6) is -1.43. The second kappa shape index (κ2) is 7.11. The number of ether oxygens (including phenoxy) is 2. The van der Waals surface area contributed by atoms with Crippen molar-refractivity contribution in [3.8, 4) is 0 Å². The van der Waals surface area contributed by atoms with Gasteiger partial charge in [-0.15, -0.1) is 0 Å². The Labute approximate surface area is 113 Å². The quantitative estimate of drug-likeness (QED) is 0.705. The predicted octanol–water partition coefficient (Wildman–Crippen LogP) is 0.740.